The molecule has 2 aliphatic carbocycles. The van der Waals surface area contributed by atoms with Crippen LogP contribution in [0.1, 0.15) is 64.9 Å². The van der Waals surface area contributed by atoms with Gasteiger partial charge in [-0.25, -0.2) is 4.79 Å². The molecule has 37 heavy (non-hydrogen) atoms. The summed E-state index contributed by atoms with van der Waals surface area (Å²) in [4.78, 5) is 39.3. The molecular weight excluding hydrogens is 476 g/mol. The van der Waals surface area contributed by atoms with Gasteiger partial charge in [0.05, 0.1) is 6.61 Å². The van der Waals surface area contributed by atoms with E-state index in [-0.39, 0.29) is 42.8 Å². The van der Waals surface area contributed by atoms with Crippen molar-refractivity contribution < 1.29 is 34.4 Å². The molecule has 4 rings (SSSR count). The first-order valence-corrected chi connectivity index (χ1v) is 13.4. The molecule has 3 fully saturated rings. The number of ether oxygens (including phenoxy) is 1. The minimum atomic E-state index is -1.37. The number of phenolic OH excluding ortho intramolecular Hbond substituents is 2. The van der Waals surface area contributed by atoms with Crippen LogP contribution in [0.15, 0.2) is 18.2 Å². The standard InChI is InChI=1S/C28H40N2O7/c1-27(2)24-18(8-11-28(24,27)3)10-14-37-26(36)19-5-4-13-30(19)23(34)9-12-29-25(35)22(33)16-17-6-7-20(31)21(32)15-17/h6-7,15,18-19,22,24,31-33H,4-5,8-14,16H2,1-3H3,(H,29,35). The number of amides is 2. The number of esters is 1. The van der Waals surface area contributed by atoms with Crippen LogP contribution in [0.3, 0.4) is 0 Å². The van der Waals surface area contributed by atoms with Crippen LogP contribution < -0.4 is 5.32 Å². The molecule has 0 aromatic heterocycles. The maximum atomic E-state index is 12.8. The Labute approximate surface area is 218 Å². The lowest BCUT2D eigenvalue weighted by atomic mass is 9.88. The highest BCUT2D eigenvalue weighted by Crippen LogP contribution is 2.78. The van der Waals surface area contributed by atoms with E-state index in [9.17, 15) is 29.7 Å². The van der Waals surface area contributed by atoms with E-state index in [4.69, 9.17) is 4.74 Å². The van der Waals surface area contributed by atoms with Crippen molar-refractivity contribution in [1.82, 2.24) is 10.2 Å². The van der Waals surface area contributed by atoms with Gasteiger partial charge in [0.15, 0.2) is 11.5 Å². The Morgan fingerprint density at radius 3 is 2.59 bits per heavy atom. The third kappa shape index (κ3) is 5.42. The molecular formula is C28H40N2O7. The molecule has 4 N–H and O–H groups in total. The monoisotopic (exact) mass is 516 g/mol. The largest absolute Gasteiger partial charge is 0.504 e. The minimum absolute atomic E-state index is 0.0135. The zero-order chi connectivity index (χ0) is 27.0. The first-order valence-electron chi connectivity index (χ1n) is 13.4. The van der Waals surface area contributed by atoms with Gasteiger partial charge in [0.25, 0.3) is 0 Å². The van der Waals surface area contributed by atoms with Crippen LogP contribution in [0.25, 0.3) is 0 Å². The average molecular weight is 517 g/mol. The maximum absolute atomic E-state index is 12.8. The molecule has 0 spiro atoms. The van der Waals surface area contributed by atoms with Crippen molar-refractivity contribution in [3.05, 3.63) is 23.8 Å². The molecule has 1 saturated heterocycles. The van der Waals surface area contributed by atoms with Gasteiger partial charge < -0.3 is 30.3 Å². The van der Waals surface area contributed by atoms with Crippen LogP contribution in [0, 0.1) is 22.7 Å². The van der Waals surface area contributed by atoms with E-state index in [2.05, 4.69) is 26.1 Å². The lowest BCUT2D eigenvalue weighted by molar-refractivity contribution is -0.153. The van der Waals surface area contributed by atoms with Crippen LogP contribution >= 0.6 is 0 Å². The molecule has 3 aliphatic rings. The van der Waals surface area contributed by atoms with Gasteiger partial charge in [-0.2, -0.15) is 0 Å². The zero-order valence-corrected chi connectivity index (χ0v) is 22.0. The number of hydrogen-bond donors (Lipinski definition) is 4. The number of nitrogens with one attached hydrogen (secondary N) is 1. The molecule has 5 atom stereocenters. The highest BCUT2D eigenvalue weighted by atomic mass is 16.5. The van der Waals surface area contributed by atoms with Gasteiger partial charge in [-0.3, -0.25) is 9.59 Å². The lowest BCUT2D eigenvalue weighted by Crippen LogP contribution is -2.43. The minimum Gasteiger partial charge on any atom is -0.504 e. The number of aromatic hydroxyl groups is 2. The Bertz CT molecular complexity index is 1040. The third-order valence-electron chi connectivity index (χ3n) is 9.35. The number of fused-ring (bicyclic) bond motifs is 1. The number of aliphatic hydroxyl groups excluding tert-OH is 1. The van der Waals surface area contributed by atoms with Gasteiger partial charge in [0.1, 0.15) is 12.1 Å². The number of carbonyl (C=O) groups is 3. The van der Waals surface area contributed by atoms with Crippen LogP contribution in [0.4, 0.5) is 0 Å². The Balaban J connectivity index is 1.17. The average Bonchev–Trinajstić information content (AvgIpc) is 3.26. The highest BCUT2D eigenvalue weighted by Gasteiger charge is 2.72. The number of likely N-dealkylation sites (tertiary alicyclic amines) is 1. The van der Waals surface area contributed by atoms with Crippen LogP contribution in [-0.2, 0) is 25.5 Å². The third-order valence-corrected chi connectivity index (χ3v) is 9.35. The molecule has 5 unspecified atom stereocenters. The van der Waals surface area contributed by atoms with E-state index < -0.39 is 18.1 Å². The SMILES string of the molecule is CC1(C)C2C(CCOC(=O)C3CCCN3C(=O)CCNC(=O)C(O)Cc3ccc(O)c(O)c3)CCC21C. The second kappa shape index (κ2) is 10.5. The number of benzene rings is 1. The summed E-state index contributed by atoms with van der Waals surface area (Å²) in [6, 6.07) is 3.48. The Hall–Kier alpha value is -2.81. The molecule has 0 radical (unpaired) electrons. The number of aliphatic hydroxyl groups is 1. The van der Waals surface area contributed by atoms with Crippen molar-refractivity contribution in [2.45, 2.75) is 77.9 Å². The molecule has 9 nitrogen and oxygen atoms in total. The van der Waals surface area contributed by atoms with Crippen LogP contribution in [0.5, 0.6) is 11.5 Å². The predicted molar refractivity (Wildman–Crippen MR) is 136 cm³/mol. The van der Waals surface area contributed by atoms with Crippen molar-refractivity contribution in [3.8, 4) is 11.5 Å². The fourth-order valence-corrected chi connectivity index (χ4v) is 6.95. The molecule has 0 bridgehead atoms. The molecule has 1 aromatic rings. The molecule has 1 aromatic carbocycles. The first kappa shape index (κ1) is 27.2. The van der Waals surface area contributed by atoms with Crippen LogP contribution in [0.2, 0.25) is 0 Å². The number of rotatable bonds is 10. The first-order chi connectivity index (χ1) is 17.5. The number of carbonyl (C=O) groups excluding carboxylic acids is 3. The Kier molecular flexibility index (Phi) is 7.74. The Morgan fingerprint density at radius 2 is 1.92 bits per heavy atom. The summed E-state index contributed by atoms with van der Waals surface area (Å²) in [5.41, 5.74) is 1.28. The van der Waals surface area contributed by atoms with E-state index in [1.54, 1.807) is 4.90 Å². The number of nitrogens with zero attached hydrogens (tertiary/aromatic N) is 1. The van der Waals surface area contributed by atoms with Gasteiger partial charge in [0, 0.05) is 25.9 Å². The maximum Gasteiger partial charge on any atom is 0.328 e. The molecule has 1 aliphatic heterocycles. The second-order valence-electron chi connectivity index (χ2n) is 11.7. The van der Waals surface area contributed by atoms with Gasteiger partial charge in [-0.15, -0.1) is 0 Å². The predicted octanol–water partition coefficient (Wildman–Crippen LogP) is 2.50. The molecule has 9 heteroatoms. The summed E-state index contributed by atoms with van der Waals surface area (Å²) in [6.07, 6.45) is 3.20. The Morgan fingerprint density at radius 1 is 1.16 bits per heavy atom. The van der Waals surface area contributed by atoms with Gasteiger partial charge >= 0.3 is 5.97 Å². The quantitative estimate of drug-likeness (QED) is 0.277. The fraction of sp³-hybridized carbons (Fsp3) is 0.679. The number of hydrogen-bond acceptors (Lipinski definition) is 7. The second-order valence-corrected chi connectivity index (χ2v) is 11.7. The van der Waals surface area contributed by atoms with E-state index in [1.165, 1.54) is 31.0 Å². The van der Waals surface area contributed by atoms with Crippen LogP contribution in [-0.4, -0.2) is 69.8 Å². The van der Waals surface area contributed by atoms with Crippen molar-refractivity contribution in [2.24, 2.45) is 22.7 Å². The van der Waals surface area contributed by atoms with Crippen molar-refractivity contribution in [1.29, 1.82) is 0 Å². The zero-order valence-electron chi connectivity index (χ0n) is 22.0. The van der Waals surface area contributed by atoms with Crippen molar-refractivity contribution >= 4 is 17.8 Å². The van der Waals surface area contributed by atoms with E-state index in [0.29, 0.717) is 47.8 Å². The van der Waals surface area contributed by atoms with Gasteiger partial charge in [-0.1, -0.05) is 26.8 Å². The smallest absolute Gasteiger partial charge is 0.328 e. The van der Waals surface area contributed by atoms with Crippen molar-refractivity contribution in [3.63, 3.8) is 0 Å². The van der Waals surface area contributed by atoms with Gasteiger partial charge in [0.2, 0.25) is 11.8 Å². The summed E-state index contributed by atoms with van der Waals surface area (Å²) >= 11 is 0. The van der Waals surface area contributed by atoms with Crippen molar-refractivity contribution in [2.75, 3.05) is 19.7 Å². The van der Waals surface area contributed by atoms with E-state index in [0.717, 1.165) is 12.8 Å². The summed E-state index contributed by atoms with van der Waals surface area (Å²) in [5, 5.41) is 31.6. The summed E-state index contributed by atoms with van der Waals surface area (Å²) in [5.74, 6) is -0.545. The van der Waals surface area contributed by atoms with Gasteiger partial charge in [-0.05, 0) is 72.5 Å². The summed E-state index contributed by atoms with van der Waals surface area (Å²) < 4.78 is 5.61. The lowest BCUT2D eigenvalue weighted by Gasteiger charge is -2.24. The normalized spacial score (nSPS) is 28.4. The summed E-state index contributed by atoms with van der Waals surface area (Å²) in [7, 11) is 0. The number of phenols is 2. The topological polar surface area (TPSA) is 136 Å². The highest BCUT2D eigenvalue weighted by molar-refractivity contribution is 5.86. The van der Waals surface area contributed by atoms with E-state index in [1.807, 2.05) is 0 Å². The molecule has 1 heterocycles. The molecule has 2 saturated carbocycles. The molecule has 2 amide bonds. The summed E-state index contributed by atoms with van der Waals surface area (Å²) in [6.45, 7) is 7.95. The molecule has 204 valence electrons. The fourth-order valence-electron chi connectivity index (χ4n) is 6.95. The van der Waals surface area contributed by atoms with E-state index >= 15 is 0 Å².